The summed E-state index contributed by atoms with van der Waals surface area (Å²) < 4.78 is 18.0. The fourth-order valence-corrected chi connectivity index (χ4v) is 1.28. The number of ether oxygens (including phenoxy) is 1. The molecule has 0 aliphatic carbocycles. The van der Waals surface area contributed by atoms with Crippen LogP contribution >= 0.6 is 11.6 Å². The molecule has 1 aromatic carbocycles. The Morgan fingerprint density at radius 2 is 2.29 bits per heavy atom. The first-order chi connectivity index (χ1) is 6.54. The van der Waals surface area contributed by atoms with Crippen molar-refractivity contribution in [1.82, 2.24) is 0 Å². The Morgan fingerprint density at radius 1 is 1.64 bits per heavy atom. The third-order valence-corrected chi connectivity index (χ3v) is 2.02. The molecule has 0 fully saturated rings. The van der Waals surface area contributed by atoms with Crippen LogP contribution in [0.2, 0.25) is 5.02 Å². The molecule has 0 saturated carbocycles. The molecule has 0 saturated heterocycles. The summed E-state index contributed by atoms with van der Waals surface area (Å²) >= 11 is 5.67. The van der Waals surface area contributed by atoms with Crippen LogP contribution in [0.25, 0.3) is 0 Å². The lowest BCUT2D eigenvalue weighted by molar-refractivity contribution is -0.136. The fraction of sp³-hybridized carbons (Fsp3) is 0.222. The standard InChI is InChI=1S/C9H8ClFO3/c1-14-5-2-7(10)6(4-9(12)13)8(11)3-5/h2-3H,4H2,1H3,(H,12,13). The molecular formula is C9H8ClFO3. The Hall–Kier alpha value is -1.29. The minimum absolute atomic E-state index is 0.0278. The van der Waals surface area contributed by atoms with Gasteiger partial charge in [0, 0.05) is 11.6 Å². The molecule has 0 radical (unpaired) electrons. The lowest BCUT2D eigenvalue weighted by Gasteiger charge is -2.06. The normalized spacial score (nSPS) is 9.93. The molecule has 0 amide bonds. The summed E-state index contributed by atoms with van der Waals surface area (Å²) in [6.45, 7) is 0. The second-order valence-corrected chi connectivity index (χ2v) is 3.05. The molecule has 1 rings (SSSR count). The van der Waals surface area contributed by atoms with E-state index in [0.717, 1.165) is 6.07 Å². The van der Waals surface area contributed by atoms with Crippen molar-refractivity contribution < 1.29 is 19.0 Å². The molecule has 76 valence electrons. The van der Waals surface area contributed by atoms with Crippen molar-refractivity contribution in [3.05, 3.63) is 28.5 Å². The number of carboxylic acids is 1. The summed E-state index contributed by atoms with van der Waals surface area (Å²) in [5, 5.41) is 8.55. The van der Waals surface area contributed by atoms with E-state index < -0.39 is 18.2 Å². The maximum Gasteiger partial charge on any atom is 0.307 e. The molecule has 0 aliphatic heterocycles. The summed E-state index contributed by atoms with van der Waals surface area (Å²) in [6.07, 6.45) is -0.436. The van der Waals surface area contributed by atoms with E-state index in [2.05, 4.69) is 0 Å². The highest BCUT2D eigenvalue weighted by atomic mass is 35.5. The van der Waals surface area contributed by atoms with Gasteiger partial charge in [0.15, 0.2) is 0 Å². The van der Waals surface area contributed by atoms with Gasteiger partial charge in [0.05, 0.1) is 18.6 Å². The number of hydrogen-bond donors (Lipinski definition) is 1. The Kier molecular flexibility index (Phi) is 3.30. The minimum Gasteiger partial charge on any atom is -0.497 e. The van der Waals surface area contributed by atoms with E-state index in [4.69, 9.17) is 21.4 Å². The van der Waals surface area contributed by atoms with E-state index in [1.807, 2.05) is 0 Å². The maximum absolute atomic E-state index is 13.2. The Labute approximate surface area is 85.1 Å². The molecule has 0 unspecified atom stereocenters. The van der Waals surface area contributed by atoms with Crippen LogP contribution in [-0.4, -0.2) is 18.2 Å². The Morgan fingerprint density at radius 3 is 2.71 bits per heavy atom. The number of rotatable bonds is 3. The number of hydrogen-bond acceptors (Lipinski definition) is 2. The van der Waals surface area contributed by atoms with Crippen LogP contribution in [0.4, 0.5) is 4.39 Å². The highest BCUT2D eigenvalue weighted by Crippen LogP contribution is 2.25. The quantitative estimate of drug-likeness (QED) is 0.845. The lowest BCUT2D eigenvalue weighted by Crippen LogP contribution is -2.03. The zero-order valence-electron chi connectivity index (χ0n) is 7.38. The summed E-state index contributed by atoms with van der Waals surface area (Å²) in [7, 11) is 1.38. The zero-order chi connectivity index (χ0) is 10.7. The van der Waals surface area contributed by atoms with Crippen molar-refractivity contribution in [3.63, 3.8) is 0 Å². The highest BCUT2D eigenvalue weighted by Gasteiger charge is 2.13. The number of carbonyl (C=O) groups is 1. The molecule has 0 heterocycles. The molecule has 0 aliphatic rings. The van der Waals surface area contributed by atoms with Gasteiger partial charge in [-0.15, -0.1) is 0 Å². The number of methoxy groups -OCH3 is 1. The van der Waals surface area contributed by atoms with Gasteiger partial charge in [-0.05, 0) is 6.07 Å². The van der Waals surface area contributed by atoms with Gasteiger partial charge in [0.25, 0.3) is 0 Å². The van der Waals surface area contributed by atoms with Gasteiger partial charge in [-0.3, -0.25) is 4.79 Å². The van der Waals surface area contributed by atoms with Crippen LogP contribution in [0, 0.1) is 5.82 Å². The van der Waals surface area contributed by atoms with Crippen LogP contribution in [0.1, 0.15) is 5.56 Å². The summed E-state index contributed by atoms with van der Waals surface area (Å²) in [6, 6.07) is 2.48. The predicted octanol–water partition coefficient (Wildman–Crippen LogP) is 2.11. The molecule has 0 spiro atoms. The number of carboxylic acid groups (broad SMARTS) is 1. The largest absolute Gasteiger partial charge is 0.497 e. The number of aliphatic carboxylic acids is 1. The predicted molar refractivity (Wildman–Crippen MR) is 49.3 cm³/mol. The topological polar surface area (TPSA) is 46.5 Å². The van der Waals surface area contributed by atoms with Crippen LogP contribution in [-0.2, 0) is 11.2 Å². The fourth-order valence-electron chi connectivity index (χ4n) is 1.02. The van der Waals surface area contributed by atoms with Gasteiger partial charge in [0.1, 0.15) is 11.6 Å². The minimum atomic E-state index is -1.13. The van der Waals surface area contributed by atoms with Gasteiger partial charge in [-0.25, -0.2) is 4.39 Å². The summed E-state index contributed by atoms with van der Waals surface area (Å²) in [5.41, 5.74) is -0.0278. The summed E-state index contributed by atoms with van der Waals surface area (Å²) in [4.78, 5) is 10.4. The smallest absolute Gasteiger partial charge is 0.307 e. The maximum atomic E-state index is 13.2. The molecule has 5 heteroatoms. The highest BCUT2D eigenvalue weighted by molar-refractivity contribution is 6.31. The zero-order valence-corrected chi connectivity index (χ0v) is 8.14. The molecule has 3 nitrogen and oxygen atoms in total. The van der Waals surface area contributed by atoms with Crippen molar-refractivity contribution in [1.29, 1.82) is 0 Å². The second kappa shape index (κ2) is 4.28. The molecule has 0 atom stereocenters. The van der Waals surface area contributed by atoms with Gasteiger partial charge in [-0.2, -0.15) is 0 Å². The lowest BCUT2D eigenvalue weighted by atomic mass is 10.1. The molecule has 1 N–H and O–H groups in total. The van der Waals surface area contributed by atoms with E-state index in [1.165, 1.54) is 13.2 Å². The molecule has 1 aromatic rings. The molecule has 14 heavy (non-hydrogen) atoms. The average Bonchev–Trinajstić information content (AvgIpc) is 2.10. The van der Waals surface area contributed by atoms with E-state index in [0.29, 0.717) is 0 Å². The van der Waals surface area contributed by atoms with E-state index in [9.17, 15) is 9.18 Å². The van der Waals surface area contributed by atoms with E-state index in [-0.39, 0.29) is 16.3 Å². The van der Waals surface area contributed by atoms with E-state index in [1.54, 1.807) is 0 Å². The molecular weight excluding hydrogens is 211 g/mol. The first-order valence-corrected chi connectivity index (χ1v) is 4.16. The van der Waals surface area contributed by atoms with Gasteiger partial charge in [-0.1, -0.05) is 11.6 Å². The third kappa shape index (κ3) is 2.35. The first kappa shape index (κ1) is 10.8. The Bertz CT molecular complexity index is 342. The van der Waals surface area contributed by atoms with Crippen LogP contribution in [0.15, 0.2) is 12.1 Å². The third-order valence-electron chi connectivity index (χ3n) is 1.68. The average molecular weight is 219 g/mol. The van der Waals surface area contributed by atoms with Crippen LogP contribution in [0.5, 0.6) is 5.75 Å². The first-order valence-electron chi connectivity index (χ1n) is 3.78. The van der Waals surface area contributed by atoms with Crippen molar-refractivity contribution >= 4 is 17.6 Å². The number of halogens is 2. The van der Waals surface area contributed by atoms with Gasteiger partial charge in [0.2, 0.25) is 0 Å². The van der Waals surface area contributed by atoms with Crippen LogP contribution < -0.4 is 4.74 Å². The van der Waals surface area contributed by atoms with Gasteiger partial charge < -0.3 is 9.84 Å². The second-order valence-electron chi connectivity index (χ2n) is 2.64. The van der Waals surface area contributed by atoms with Crippen molar-refractivity contribution in [3.8, 4) is 5.75 Å². The van der Waals surface area contributed by atoms with Crippen molar-refractivity contribution in [2.45, 2.75) is 6.42 Å². The van der Waals surface area contributed by atoms with Crippen molar-refractivity contribution in [2.75, 3.05) is 7.11 Å². The van der Waals surface area contributed by atoms with E-state index >= 15 is 0 Å². The van der Waals surface area contributed by atoms with Crippen molar-refractivity contribution in [2.24, 2.45) is 0 Å². The SMILES string of the molecule is COc1cc(F)c(CC(=O)O)c(Cl)c1. The summed E-state index contributed by atoms with van der Waals surface area (Å²) in [5.74, 6) is -1.53. The monoisotopic (exact) mass is 218 g/mol. The number of benzene rings is 1. The van der Waals surface area contributed by atoms with Gasteiger partial charge >= 0.3 is 5.97 Å². The van der Waals surface area contributed by atoms with Crippen LogP contribution in [0.3, 0.4) is 0 Å². The molecule has 0 bridgehead atoms. The Balaban J connectivity index is 3.11. The molecule has 0 aromatic heterocycles.